The molecule has 0 unspecified atom stereocenters. The Labute approximate surface area is 66.4 Å². The summed E-state index contributed by atoms with van der Waals surface area (Å²) in [6, 6.07) is 5.46. The lowest BCUT2D eigenvalue weighted by Gasteiger charge is -2.03. The van der Waals surface area contributed by atoms with E-state index in [1.165, 1.54) is 0 Å². The summed E-state index contributed by atoms with van der Waals surface area (Å²) in [7, 11) is 0. The van der Waals surface area contributed by atoms with Crippen LogP contribution >= 0.6 is 0 Å². The standard InChI is InChI=1S/C9H10N2/c1-3-8-5-4-6-9(11-8)7(2)10/h1,4-7H,10H2,2H3/t7-/m1/s1. The molecule has 2 heteroatoms. The first-order valence-corrected chi connectivity index (χ1v) is 3.43. The molecule has 1 rings (SSSR count). The SMILES string of the molecule is C#Cc1cccc([C@@H](C)N)n1. The van der Waals surface area contributed by atoms with Gasteiger partial charge in [0.25, 0.3) is 0 Å². The number of nitrogens with zero attached hydrogens (tertiary/aromatic N) is 1. The van der Waals surface area contributed by atoms with Gasteiger partial charge < -0.3 is 5.73 Å². The third-order valence-electron chi connectivity index (χ3n) is 1.39. The molecule has 0 aliphatic heterocycles. The minimum absolute atomic E-state index is 0.0525. The molecule has 0 fully saturated rings. The maximum Gasteiger partial charge on any atom is 0.113 e. The van der Waals surface area contributed by atoms with E-state index in [4.69, 9.17) is 12.2 Å². The monoisotopic (exact) mass is 146 g/mol. The third kappa shape index (κ3) is 1.79. The lowest BCUT2D eigenvalue weighted by Crippen LogP contribution is -2.07. The summed E-state index contributed by atoms with van der Waals surface area (Å²) in [5, 5.41) is 0. The molecule has 0 radical (unpaired) electrons. The first-order valence-electron chi connectivity index (χ1n) is 3.43. The van der Waals surface area contributed by atoms with Gasteiger partial charge in [0.15, 0.2) is 0 Å². The van der Waals surface area contributed by atoms with Crippen LogP contribution in [0.4, 0.5) is 0 Å². The highest BCUT2D eigenvalue weighted by molar-refractivity contribution is 5.26. The van der Waals surface area contributed by atoms with Crippen LogP contribution in [0.2, 0.25) is 0 Å². The largest absolute Gasteiger partial charge is 0.323 e. The molecule has 2 N–H and O–H groups in total. The van der Waals surface area contributed by atoms with Crippen LogP contribution in [0.1, 0.15) is 24.4 Å². The van der Waals surface area contributed by atoms with Crippen molar-refractivity contribution >= 4 is 0 Å². The predicted octanol–water partition coefficient (Wildman–Crippen LogP) is 1.08. The van der Waals surface area contributed by atoms with E-state index >= 15 is 0 Å². The molecule has 1 aromatic heterocycles. The van der Waals surface area contributed by atoms with Crippen LogP contribution in [0.5, 0.6) is 0 Å². The Morgan fingerprint density at radius 3 is 2.91 bits per heavy atom. The van der Waals surface area contributed by atoms with Crippen molar-refractivity contribution in [2.45, 2.75) is 13.0 Å². The van der Waals surface area contributed by atoms with Gasteiger partial charge in [-0.3, -0.25) is 0 Å². The molecule has 1 aromatic rings. The van der Waals surface area contributed by atoms with Crippen molar-refractivity contribution < 1.29 is 0 Å². The first kappa shape index (κ1) is 7.77. The van der Waals surface area contributed by atoms with Crippen molar-refractivity contribution in [1.82, 2.24) is 4.98 Å². The van der Waals surface area contributed by atoms with Crippen LogP contribution in [0, 0.1) is 12.3 Å². The van der Waals surface area contributed by atoms with Crippen LogP contribution in [0.3, 0.4) is 0 Å². The van der Waals surface area contributed by atoms with Gasteiger partial charge >= 0.3 is 0 Å². The Hall–Kier alpha value is -1.33. The van der Waals surface area contributed by atoms with Gasteiger partial charge in [0.05, 0.1) is 5.69 Å². The van der Waals surface area contributed by atoms with Gasteiger partial charge in [0.2, 0.25) is 0 Å². The summed E-state index contributed by atoms with van der Waals surface area (Å²) in [6.07, 6.45) is 5.17. The van der Waals surface area contributed by atoms with Crippen LogP contribution in [0.15, 0.2) is 18.2 Å². The molecular weight excluding hydrogens is 136 g/mol. The van der Waals surface area contributed by atoms with Crippen molar-refractivity contribution in [3.05, 3.63) is 29.6 Å². The lowest BCUT2D eigenvalue weighted by atomic mass is 10.2. The Morgan fingerprint density at radius 2 is 2.36 bits per heavy atom. The summed E-state index contributed by atoms with van der Waals surface area (Å²) in [4.78, 5) is 4.13. The van der Waals surface area contributed by atoms with Gasteiger partial charge in [-0.25, -0.2) is 4.98 Å². The quantitative estimate of drug-likeness (QED) is 0.602. The van der Waals surface area contributed by atoms with E-state index in [-0.39, 0.29) is 6.04 Å². The summed E-state index contributed by atoms with van der Waals surface area (Å²) < 4.78 is 0. The fraction of sp³-hybridized carbons (Fsp3) is 0.222. The average molecular weight is 146 g/mol. The minimum Gasteiger partial charge on any atom is -0.323 e. The van der Waals surface area contributed by atoms with E-state index in [9.17, 15) is 0 Å². The highest BCUT2D eigenvalue weighted by atomic mass is 14.8. The van der Waals surface area contributed by atoms with E-state index in [1.807, 2.05) is 19.1 Å². The Balaban J connectivity index is 3.03. The van der Waals surface area contributed by atoms with Crippen molar-refractivity contribution in [2.24, 2.45) is 5.73 Å². The highest BCUT2D eigenvalue weighted by Gasteiger charge is 1.99. The molecule has 0 aliphatic rings. The number of terminal acetylenes is 1. The van der Waals surface area contributed by atoms with Crippen LogP contribution in [-0.4, -0.2) is 4.98 Å². The first-order chi connectivity index (χ1) is 5.24. The highest BCUT2D eigenvalue weighted by Crippen LogP contribution is 2.05. The summed E-state index contributed by atoms with van der Waals surface area (Å²) in [6.45, 7) is 1.88. The van der Waals surface area contributed by atoms with E-state index in [1.54, 1.807) is 6.07 Å². The second-order valence-electron chi connectivity index (χ2n) is 2.38. The molecule has 0 bridgehead atoms. The maximum atomic E-state index is 5.61. The van der Waals surface area contributed by atoms with Crippen molar-refractivity contribution in [1.29, 1.82) is 0 Å². The molecule has 0 amide bonds. The van der Waals surface area contributed by atoms with Crippen LogP contribution in [0.25, 0.3) is 0 Å². The van der Waals surface area contributed by atoms with Crippen molar-refractivity contribution in [2.75, 3.05) is 0 Å². The Morgan fingerprint density at radius 1 is 1.64 bits per heavy atom. The third-order valence-corrected chi connectivity index (χ3v) is 1.39. The normalized spacial score (nSPS) is 12.1. The number of hydrogen-bond acceptors (Lipinski definition) is 2. The Bertz CT molecular complexity index is 284. The fourth-order valence-corrected chi connectivity index (χ4v) is 0.785. The number of rotatable bonds is 1. The topological polar surface area (TPSA) is 38.9 Å². The van der Waals surface area contributed by atoms with Gasteiger partial charge in [-0.05, 0) is 19.1 Å². The predicted molar refractivity (Wildman–Crippen MR) is 44.8 cm³/mol. The molecule has 0 aliphatic carbocycles. The molecule has 0 saturated carbocycles. The van der Waals surface area contributed by atoms with Crippen LogP contribution in [-0.2, 0) is 0 Å². The van der Waals surface area contributed by atoms with E-state index in [0.29, 0.717) is 5.69 Å². The molecule has 11 heavy (non-hydrogen) atoms. The van der Waals surface area contributed by atoms with Crippen molar-refractivity contribution in [3.8, 4) is 12.3 Å². The lowest BCUT2D eigenvalue weighted by molar-refractivity contribution is 0.779. The zero-order valence-corrected chi connectivity index (χ0v) is 6.41. The summed E-state index contributed by atoms with van der Waals surface area (Å²) >= 11 is 0. The summed E-state index contributed by atoms with van der Waals surface area (Å²) in [5.41, 5.74) is 7.08. The van der Waals surface area contributed by atoms with Crippen LogP contribution < -0.4 is 5.73 Å². The smallest absolute Gasteiger partial charge is 0.113 e. The second-order valence-corrected chi connectivity index (χ2v) is 2.38. The van der Waals surface area contributed by atoms with E-state index in [2.05, 4.69) is 10.9 Å². The average Bonchev–Trinajstić information content (AvgIpc) is 2.05. The molecule has 56 valence electrons. The van der Waals surface area contributed by atoms with Gasteiger partial charge in [-0.2, -0.15) is 0 Å². The zero-order chi connectivity index (χ0) is 8.27. The van der Waals surface area contributed by atoms with E-state index in [0.717, 1.165) is 5.69 Å². The van der Waals surface area contributed by atoms with Crippen molar-refractivity contribution in [3.63, 3.8) is 0 Å². The molecule has 1 heterocycles. The molecular formula is C9H10N2. The van der Waals surface area contributed by atoms with Gasteiger partial charge in [0.1, 0.15) is 5.69 Å². The van der Waals surface area contributed by atoms with Gasteiger partial charge in [-0.15, -0.1) is 6.42 Å². The zero-order valence-electron chi connectivity index (χ0n) is 6.41. The molecule has 2 nitrogen and oxygen atoms in total. The minimum atomic E-state index is -0.0525. The molecule has 0 saturated heterocycles. The number of pyridine rings is 1. The number of nitrogens with two attached hydrogens (primary N) is 1. The molecule has 0 aromatic carbocycles. The second kappa shape index (κ2) is 3.18. The molecule has 0 spiro atoms. The number of aromatic nitrogens is 1. The fourth-order valence-electron chi connectivity index (χ4n) is 0.785. The van der Waals surface area contributed by atoms with Gasteiger partial charge in [-0.1, -0.05) is 12.0 Å². The maximum absolute atomic E-state index is 5.61. The number of hydrogen-bond donors (Lipinski definition) is 1. The van der Waals surface area contributed by atoms with Gasteiger partial charge in [0, 0.05) is 6.04 Å². The van der Waals surface area contributed by atoms with E-state index < -0.39 is 0 Å². The summed E-state index contributed by atoms with van der Waals surface area (Å²) in [5.74, 6) is 2.46. The Kier molecular flexibility index (Phi) is 2.25. The molecule has 1 atom stereocenters.